The molecule has 0 spiro atoms. The third kappa shape index (κ3) is 3.60. The Hall–Kier alpha value is -3.23. The summed E-state index contributed by atoms with van der Waals surface area (Å²) in [6, 6.07) is 3.88. The van der Waals surface area contributed by atoms with Crippen LogP contribution in [0.2, 0.25) is 0 Å². The van der Waals surface area contributed by atoms with E-state index in [1.165, 1.54) is 0 Å². The number of carbonyl (C=O) groups excluding carboxylic acids is 1. The highest BCUT2D eigenvalue weighted by Gasteiger charge is 2.24. The molecule has 146 valence electrons. The highest BCUT2D eigenvalue weighted by molar-refractivity contribution is 5.79. The molecule has 4 heterocycles. The molecule has 3 aromatic rings. The van der Waals surface area contributed by atoms with E-state index < -0.39 is 0 Å². The molecular weight excluding hydrogens is 360 g/mol. The molecule has 0 saturated carbocycles. The molecule has 0 bridgehead atoms. The number of hydrogen-bond acceptors (Lipinski definition) is 8. The average molecular weight is 382 g/mol. The van der Waals surface area contributed by atoms with E-state index in [1.54, 1.807) is 13.1 Å². The number of aromatic nitrogens is 4. The van der Waals surface area contributed by atoms with E-state index in [9.17, 15) is 4.79 Å². The quantitative estimate of drug-likeness (QED) is 0.675. The molecule has 0 atom stereocenters. The predicted octanol–water partition coefficient (Wildman–Crippen LogP) is 1.94. The maximum Gasteiger partial charge on any atom is 0.227 e. The molecule has 9 heteroatoms. The van der Waals surface area contributed by atoms with Gasteiger partial charge in [-0.3, -0.25) is 4.79 Å². The zero-order chi connectivity index (χ0) is 19.7. The fraction of sp³-hybridized carbons (Fsp3) is 0.421. The van der Waals surface area contributed by atoms with Crippen LogP contribution in [0.5, 0.6) is 0 Å². The Bertz CT molecular complexity index is 950. The summed E-state index contributed by atoms with van der Waals surface area (Å²) in [6.07, 6.45) is 2.08. The topological polar surface area (TPSA) is 101 Å². The summed E-state index contributed by atoms with van der Waals surface area (Å²) in [5, 5.41) is 7.82. The SMILES string of the molecule is Cc1nc(-c2ccc(N3CCN(C(=O)Cc4c(C)noc4C)CC3)nc2)no1. The van der Waals surface area contributed by atoms with Crippen molar-refractivity contribution < 1.29 is 13.8 Å². The second-order valence-electron chi connectivity index (χ2n) is 6.89. The van der Waals surface area contributed by atoms with Crippen LogP contribution in [0.1, 0.15) is 22.9 Å². The first-order valence-electron chi connectivity index (χ1n) is 9.22. The molecular formula is C19H22N6O3. The van der Waals surface area contributed by atoms with Crippen LogP contribution in [-0.4, -0.2) is 57.3 Å². The molecule has 0 aromatic carbocycles. The van der Waals surface area contributed by atoms with Crippen LogP contribution >= 0.6 is 0 Å². The summed E-state index contributed by atoms with van der Waals surface area (Å²) in [5.74, 6) is 2.75. The number of aryl methyl sites for hydroxylation is 3. The van der Waals surface area contributed by atoms with Gasteiger partial charge < -0.3 is 18.8 Å². The Morgan fingerprint density at radius 3 is 2.43 bits per heavy atom. The van der Waals surface area contributed by atoms with Gasteiger partial charge in [-0.1, -0.05) is 10.3 Å². The van der Waals surface area contributed by atoms with Gasteiger partial charge in [0.1, 0.15) is 11.6 Å². The van der Waals surface area contributed by atoms with Crippen molar-refractivity contribution in [3.63, 3.8) is 0 Å². The summed E-state index contributed by atoms with van der Waals surface area (Å²) in [7, 11) is 0. The fourth-order valence-corrected chi connectivity index (χ4v) is 3.32. The van der Waals surface area contributed by atoms with Crippen molar-refractivity contribution in [1.82, 2.24) is 25.2 Å². The number of anilines is 1. The zero-order valence-electron chi connectivity index (χ0n) is 16.2. The molecule has 1 aliphatic heterocycles. The number of hydrogen-bond donors (Lipinski definition) is 0. The standard InChI is InChI=1S/C19H22N6O3/c1-12-16(13(2)27-22-12)10-18(26)25-8-6-24(7-9-25)17-5-4-15(11-20-17)19-21-14(3)28-23-19/h4-5,11H,6-10H2,1-3H3. The monoisotopic (exact) mass is 382 g/mol. The van der Waals surface area contributed by atoms with Crippen molar-refractivity contribution in [3.8, 4) is 11.4 Å². The van der Waals surface area contributed by atoms with Gasteiger partial charge in [0.05, 0.1) is 12.1 Å². The van der Waals surface area contributed by atoms with E-state index >= 15 is 0 Å². The number of carbonyl (C=O) groups is 1. The molecule has 0 unspecified atom stereocenters. The Kier molecular flexibility index (Phi) is 4.81. The Labute approximate surface area is 162 Å². The van der Waals surface area contributed by atoms with E-state index in [0.29, 0.717) is 37.0 Å². The van der Waals surface area contributed by atoms with Crippen molar-refractivity contribution in [2.24, 2.45) is 0 Å². The van der Waals surface area contributed by atoms with E-state index in [4.69, 9.17) is 9.05 Å². The molecule has 1 aliphatic rings. The van der Waals surface area contributed by atoms with Crippen LogP contribution < -0.4 is 4.90 Å². The second kappa shape index (κ2) is 7.41. The highest BCUT2D eigenvalue weighted by Crippen LogP contribution is 2.20. The first kappa shape index (κ1) is 18.1. The number of rotatable bonds is 4. The minimum atomic E-state index is 0.102. The van der Waals surface area contributed by atoms with Crippen molar-refractivity contribution in [3.05, 3.63) is 41.2 Å². The van der Waals surface area contributed by atoms with E-state index in [2.05, 4.69) is 25.2 Å². The van der Waals surface area contributed by atoms with Gasteiger partial charge >= 0.3 is 0 Å². The largest absolute Gasteiger partial charge is 0.361 e. The summed E-state index contributed by atoms with van der Waals surface area (Å²) in [5.41, 5.74) is 2.49. The Morgan fingerprint density at radius 1 is 1.07 bits per heavy atom. The smallest absolute Gasteiger partial charge is 0.227 e. The van der Waals surface area contributed by atoms with Crippen LogP contribution in [-0.2, 0) is 11.2 Å². The lowest BCUT2D eigenvalue weighted by molar-refractivity contribution is -0.130. The van der Waals surface area contributed by atoms with Gasteiger partial charge in [0, 0.05) is 50.4 Å². The first-order chi connectivity index (χ1) is 13.5. The summed E-state index contributed by atoms with van der Waals surface area (Å²) in [4.78, 5) is 25.4. The highest BCUT2D eigenvalue weighted by atomic mass is 16.5. The Morgan fingerprint density at radius 2 is 1.86 bits per heavy atom. The van der Waals surface area contributed by atoms with Crippen LogP contribution in [0.3, 0.4) is 0 Å². The molecule has 28 heavy (non-hydrogen) atoms. The van der Waals surface area contributed by atoms with Gasteiger partial charge in [0.25, 0.3) is 0 Å². The molecule has 0 N–H and O–H groups in total. The lowest BCUT2D eigenvalue weighted by Crippen LogP contribution is -2.49. The van der Waals surface area contributed by atoms with Gasteiger partial charge in [-0.15, -0.1) is 0 Å². The van der Waals surface area contributed by atoms with E-state index in [0.717, 1.165) is 35.7 Å². The molecule has 9 nitrogen and oxygen atoms in total. The molecule has 4 rings (SSSR count). The molecule has 1 fully saturated rings. The molecule has 0 radical (unpaired) electrons. The van der Waals surface area contributed by atoms with Gasteiger partial charge in [-0.2, -0.15) is 4.98 Å². The minimum Gasteiger partial charge on any atom is -0.361 e. The minimum absolute atomic E-state index is 0.102. The number of nitrogens with zero attached hydrogens (tertiary/aromatic N) is 6. The average Bonchev–Trinajstić information content (AvgIpc) is 3.29. The van der Waals surface area contributed by atoms with E-state index in [-0.39, 0.29) is 5.91 Å². The second-order valence-corrected chi connectivity index (χ2v) is 6.89. The summed E-state index contributed by atoms with van der Waals surface area (Å²) >= 11 is 0. The van der Waals surface area contributed by atoms with Crippen LogP contribution in [0, 0.1) is 20.8 Å². The predicted molar refractivity (Wildman–Crippen MR) is 101 cm³/mol. The molecule has 3 aromatic heterocycles. The van der Waals surface area contributed by atoms with Crippen LogP contribution in [0.15, 0.2) is 27.4 Å². The maximum atomic E-state index is 12.6. The number of amides is 1. The molecule has 1 saturated heterocycles. The maximum absolute atomic E-state index is 12.6. The van der Waals surface area contributed by atoms with Gasteiger partial charge in [0.15, 0.2) is 0 Å². The van der Waals surface area contributed by atoms with Gasteiger partial charge in [-0.05, 0) is 26.0 Å². The van der Waals surface area contributed by atoms with Crippen molar-refractivity contribution in [1.29, 1.82) is 0 Å². The molecule has 0 aliphatic carbocycles. The van der Waals surface area contributed by atoms with Crippen LogP contribution in [0.4, 0.5) is 5.82 Å². The third-order valence-corrected chi connectivity index (χ3v) is 5.00. The number of piperazine rings is 1. The third-order valence-electron chi connectivity index (χ3n) is 5.00. The summed E-state index contributed by atoms with van der Waals surface area (Å²) in [6.45, 7) is 8.26. The Balaban J connectivity index is 1.35. The summed E-state index contributed by atoms with van der Waals surface area (Å²) < 4.78 is 10.2. The van der Waals surface area contributed by atoms with Gasteiger partial charge in [-0.25, -0.2) is 4.98 Å². The molecule has 1 amide bonds. The van der Waals surface area contributed by atoms with Crippen molar-refractivity contribution in [2.75, 3.05) is 31.1 Å². The van der Waals surface area contributed by atoms with Crippen molar-refractivity contribution in [2.45, 2.75) is 27.2 Å². The lowest BCUT2D eigenvalue weighted by Gasteiger charge is -2.35. The van der Waals surface area contributed by atoms with E-state index in [1.807, 2.05) is 30.9 Å². The van der Waals surface area contributed by atoms with Crippen molar-refractivity contribution >= 4 is 11.7 Å². The fourth-order valence-electron chi connectivity index (χ4n) is 3.32. The number of pyridine rings is 1. The van der Waals surface area contributed by atoms with Crippen LogP contribution in [0.25, 0.3) is 11.4 Å². The first-order valence-corrected chi connectivity index (χ1v) is 9.22. The lowest BCUT2D eigenvalue weighted by atomic mass is 10.1. The zero-order valence-corrected chi connectivity index (χ0v) is 16.2. The van der Waals surface area contributed by atoms with Gasteiger partial charge in [0.2, 0.25) is 17.6 Å². The normalized spacial score (nSPS) is 14.5.